The molecule has 0 atom stereocenters. The molecule has 0 fully saturated rings. The predicted octanol–water partition coefficient (Wildman–Crippen LogP) is 3.77. The van der Waals surface area contributed by atoms with Gasteiger partial charge >= 0.3 is 0 Å². The molecule has 1 aromatic heterocycles. The molecule has 90 valence electrons. The molecule has 2 aromatic rings. The van der Waals surface area contributed by atoms with Crippen LogP contribution in [0.2, 0.25) is 0 Å². The highest BCUT2D eigenvalue weighted by Crippen LogP contribution is 2.17. The zero-order valence-electron chi connectivity index (χ0n) is 9.96. The minimum atomic E-state index is -0.199. The molecule has 0 aliphatic heterocycles. The first-order valence-corrected chi connectivity index (χ1v) is 6.50. The molecule has 0 saturated heterocycles. The van der Waals surface area contributed by atoms with Crippen molar-refractivity contribution in [1.29, 1.82) is 0 Å². The van der Waals surface area contributed by atoms with Gasteiger partial charge in [-0.15, -0.1) is 11.3 Å². The van der Waals surface area contributed by atoms with Gasteiger partial charge in [-0.1, -0.05) is 6.92 Å². The van der Waals surface area contributed by atoms with Crippen LogP contribution in [0.3, 0.4) is 0 Å². The highest BCUT2D eigenvalue weighted by atomic mass is 32.1. The fourth-order valence-corrected chi connectivity index (χ4v) is 2.35. The molecule has 17 heavy (non-hydrogen) atoms. The highest BCUT2D eigenvalue weighted by Gasteiger charge is 2.02. The summed E-state index contributed by atoms with van der Waals surface area (Å²) in [6, 6.07) is 4.76. The second kappa shape index (κ2) is 5.27. The van der Waals surface area contributed by atoms with Gasteiger partial charge in [-0.05, 0) is 37.1 Å². The van der Waals surface area contributed by atoms with Crippen LogP contribution in [0.5, 0.6) is 0 Å². The number of aryl methyl sites for hydroxylation is 2. The van der Waals surface area contributed by atoms with Gasteiger partial charge in [0, 0.05) is 11.1 Å². The van der Waals surface area contributed by atoms with Crippen LogP contribution in [0.4, 0.5) is 10.1 Å². The molecular weight excluding hydrogens is 235 g/mol. The number of aromatic nitrogens is 1. The van der Waals surface area contributed by atoms with E-state index in [2.05, 4.69) is 22.6 Å². The third kappa shape index (κ3) is 3.03. The molecule has 0 bridgehead atoms. The van der Waals surface area contributed by atoms with Gasteiger partial charge in [0.05, 0.1) is 17.2 Å². The van der Waals surface area contributed by atoms with Crippen LogP contribution in [-0.2, 0) is 13.0 Å². The van der Waals surface area contributed by atoms with Crippen molar-refractivity contribution in [2.45, 2.75) is 26.8 Å². The quantitative estimate of drug-likeness (QED) is 0.893. The summed E-state index contributed by atoms with van der Waals surface area (Å²) in [6.45, 7) is 4.67. The smallest absolute Gasteiger partial charge is 0.123 e. The van der Waals surface area contributed by atoms with E-state index in [0.29, 0.717) is 6.54 Å². The van der Waals surface area contributed by atoms with E-state index in [4.69, 9.17) is 0 Å². The maximum Gasteiger partial charge on any atom is 0.123 e. The van der Waals surface area contributed by atoms with E-state index in [1.165, 1.54) is 12.1 Å². The van der Waals surface area contributed by atoms with Crippen molar-refractivity contribution in [3.8, 4) is 0 Å². The van der Waals surface area contributed by atoms with Crippen molar-refractivity contribution in [2.24, 2.45) is 0 Å². The van der Waals surface area contributed by atoms with Crippen LogP contribution in [0, 0.1) is 12.7 Å². The molecule has 2 nitrogen and oxygen atoms in total. The standard InChI is InChI=1S/C13H15FN2S/c1-3-13-16-11(8-17-13)7-15-12-5-4-10(14)6-9(12)2/h4-6,8,15H,3,7H2,1-2H3. The Bertz CT molecular complexity index is 508. The second-order valence-corrected chi connectivity index (χ2v) is 4.84. The minimum Gasteiger partial charge on any atom is -0.379 e. The Morgan fingerprint density at radius 2 is 2.24 bits per heavy atom. The predicted molar refractivity (Wildman–Crippen MR) is 70.0 cm³/mol. The van der Waals surface area contributed by atoms with Crippen molar-refractivity contribution in [1.82, 2.24) is 4.98 Å². The summed E-state index contributed by atoms with van der Waals surface area (Å²) in [4.78, 5) is 4.47. The van der Waals surface area contributed by atoms with E-state index >= 15 is 0 Å². The number of nitrogens with one attached hydrogen (secondary N) is 1. The Balaban J connectivity index is 2.02. The molecule has 1 N–H and O–H groups in total. The molecular formula is C13H15FN2S. The molecule has 2 rings (SSSR count). The molecule has 0 aliphatic carbocycles. The van der Waals surface area contributed by atoms with Crippen molar-refractivity contribution in [3.05, 3.63) is 45.7 Å². The first-order valence-electron chi connectivity index (χ1n) is 5.62. The van der Waals surface area contributed by atoms with Gasteiger partial charge in [-0.2, -0.15) is 0 Å². The molecule has 0 unspecified atom stereocenters. The number of rotatable bonds is 4. The number of hydrogen-bond acceptors (Lipinski definition) is 3. The largest absolute Gasteiger partial charge is 0.379 e. The molecule has 4 heteroatoms. The first-order chi connectivity index (χ1) is 8.19. The van der Waals surface area contributed by atoms with Crippen molar-refractivity contribution in [2.75, 3.05) is 5.32 Å². The Morgan fingerprint density at radius 1 is 1.41 bits per heavy atom. The van der Waals surface area contributed by atoms with Crippen LogP contribution < -0.4 is 5.32 Å². The molecule has 0 spiro atoms. The monoisotopic (exact) mass is 250 g/mol. The Labute approximate surface area is 105 Å². The maximum atomic E-state index is 12.9. The van der Waals surface area contributed by atoms with Crippen LogP contribution in [0.25, 0.3) is 0 Å². The van der Waals surface area contributed by atoms with E-state index in [1.807, 2.05) is 6.92 Å². The third-order valence-electron chi connectivity index (χ3n) is 2.55. The Kier molecular flexibility index (Phi) is 3.74. The van der Waals surface area contributed by atoms with Gasteiger partial charge < -0.3 is 5.32 Å². The molecule has 0 radical (unpaired) electrons. The lowest BCUT2D eigenvalue weighted by molar-refractivity contribution is 0.627. The maximum absolute atomic E-state index is 12.9. The zero-order valence-corrected chi connectivity index (χ0v) is 10.8. The minimum absolute atomic E-state index is 0.199. The van der Waals surface area contributed by atoms with Crippen molar-refractivity contribution in [3.63, 3.8) is 0 Å². The Morgan fingerprint density at radius 3 is 2.88 bits per heavy atom. The summed E-state index contributed by atoms with van der Waals surface area (Å²) in [5, 5.41) is 6.48. The number of nitrogens with zero attached hydrogens (tertiary/aromatic N) is 1. The zero-order chi connectivity index (χ0) is 12.3. The molecule has 0 aliphatic rings. The average molecular weight is 250 g/mol. The normalized spacial score (nSPS) is 10.5. The molecule has 0 amide bonds. The van der Waals surface area contributed by atoms with Gasteiger partial charge in [0.2, 0.25) is 0 Å². The van der Waals surface area contributed by atoms with Crippen molar-refractivity contribution >= 4 is 17.0 Å². The van der Waals surface area contributed by atoms with Gasteiger partial charge in [-0.25, -0.2) is 9.37 Å². The van der Waals surface area contributed by atoms with E-state index in [1.54, 1.807) is 17.4 Å². The number of hydrogen-bond donors (Lipinski definition) is 1. The number of benzene rings is 1. The van der Waals surface area contributed by atoms with Gasteiger partial charge in [0.25, 0.3) is 0 Å². The third-order valence-corrected chi connectivity index (χ3v) is 3.59. The SMILES string of the molecule is CCc1nc(CNc2ccc(F)cc2C)cs1. The molecule has 1 aromatic carbocycles. The number of anilines is 1. The van der Waals surface area contributed by atoms with E-state index < -0.39 is 0 Å². The highest BCUT2D eigenvalue weighted by molar-refractivity contribution is 7.09. The van der Waals surface area contributed by atoms with E-state index in [-0.39, 0.29) is 5.82 Å². The second-order valence-electron chi connectivity index (χ2n) is 3.90. The van der Waals surface area contributed by atoms with Gasteiger partial charge in [-0.3, -0.25) is 0 Å². The molecule has 0 saturated carbocycles. The summed E-state index contributed by atoms with van der Waals surface area (Å²) in [6.07, 6.45) is 0.972. The number of thiazole rings is 1. The Hall–Kier alpha value is -1.42. The topological polar surface area (TPSA) is 24.9 Å². The van der Waals surface area contributed by atoms with Gasteiger partial charge in [0.1, 0.15) is 5.82 Å². The fourth-order valence-electron chi connectivity index (χ4n) is 1.60. The van der Waals surface area contributed by atoms with Crippen LogP contribution in [0.1, 0.15) is 23.2 Å². The summed E-state index contributed by atoms with van der Waals surface area (Å²) in [5.41, 5.74) is 2.91. The molecule has 1 heterocycles. The first kappa shape index (κ1) is 12.0. The van der Waals surface area contributed by atoms with Crippen LogP contribution in [0.15, 0.2) is 23.6 Å². The lowest BCUT2D eigenvalue weighted by Gasteiger charge is -2.07. The van der Waals surface area contributed by atoms with Crippen LogP contribution in [-0.4, -0.2) is 4.98 Å². The summed E-state index contributed by atoms with van der Waals surface area (Å²) >= 11 is 1.68. The van der Waals surface area contributed by atoms with Crippen molar-refractivity contribution < 1.29 is 4.39 Å². The average Bonchev–Trinajstić information content (AvgIpc) is 2.76. The van der Waals surface area contributed by atoms with Gasteiger partial charge in [0.15, 0.2) is 0 Å². The van der Waals surface area contributed by atoms with Crippen LogP contribution >= 0.6 is 11.3 Å². The lowest BCUT2D eigenvalue weighted by atomic mass is 10.2. The summed E-state index contributed by atoms with van der Waals surface area (Å²) in [5.74, 6) is -0.199. The van der Waals surface area contributed by atoms with E-state index in [0.717, 1.165) is 28.4 Å². The number of halogens is 1. The van der Waals surface area contributed by atoms with E-state index in [9.17, 15) is 4.39 Å². The fraction of sp³-hybridized carbons (Fsp3) is 0.308. The summed E-state index contributed by atoms with van der Waals surface area (Å²) < 4.78 is 12.9. The lowest BCUT2D eigenvalue weighted by Crippen LogP contribution is -2.01. The summed E-state index contributed by atoms with van der Waals surface area (Å²) in [7, 11) is 0.